The van der Waals surface area contributed by atoms with Gasteiger partial charge in [-0.05, 0) is 30.5 Å². The predicted molar refractivity (Wildman–Crippen MR) is 81.6 cm³/mol. The summed E-state index contributed by atoms with van der Waals surface area (Å²) in [6.45, 7) is 2.26. The Labute approximate surface area is 116 Å². The van der Waals surface area contributed by atoms with E-state index in [9.17, 15) is 0 Å². The van der Waals surface area contributed by atoms with Crippen LogP contribution in [-0.4, -0.2) is 6.04 Å². The lowest BCUT2D eigenvalue weighted by Crippen LogP contribution is -2.30. The van der Waals surface area contributed by atoms with Crippen molar-refractivity contribution in [1.82, 2.24) is 10.9 Å². The van der Waals surface area contributed by atoms with Crippen LogP contribution >= 0.6 is 0 Å². The van der Waals surface area contributed by atoms with E-state index < -0.39 is 0 Å². The summed E-state index contributed by atoms with van der Waals surface area (Å²) in [4.78, 5) is 0. The highest BCUT2D eigenvalue weighted by Gasteiger charge is 2.24. The Morgan fingerprint density at radius 3 is 2.79 bits per heavy atom. The molecule has 1 aliphatic rings. The molecule has 3 nitrogen and oxygen atoms in total. The van der Waals surface area contributed by atoms with Gasteiger partial charge in [-0.25, -0.2) is 0 Å². The fraction of sp³-hybridized carbons (Fsp3) is 0.625. The molecular formula is C16H27N3. The molecule has 1 saturated heterocycles. The van der Waals surface area contributed by atoms with Gasteiger partial charge in [-0.1, -0.05) is 51.2 Å². The summed E-state index contributed by atoms with van der Waals surface area (Å²) in [6, 6.07) is 9.21. The second-order valence-corrected chi connectivity index (χ2v) is 5.65. The van der Waals surface area contributed by atoms with Gasteiger partial charge in [0, 0.05) is 17.8 Å². The Balaban J connectivity index is 1.71. The van der Waals surface area contributed by atoms with E-state index in [1.165, 1.54) is 44.1 Å². The van der Waals surface area contributed by atoms with Gasteiger partial charge >= 0.3 is 0 Å². The molecule has 0 aromatic heterocycles. The van der Waals surface area contributed by atoms with Crippen molar-refractivity contribution >= 4 is 5.69 Å². The molecule has 0 bridgehead atoms. The summed E-state index contributed by atoms with van der Waals surface area (Å²) in [5.41, 5.74) is 14.8. The smallest absolute Gasteiger partial charge is 0.0478 e. The first-order valence-corrected chi connectivity index (χ1v) is 7.66. The van der Waals surface area contributed by atoms with Gasteiger partial charge in [0.05, 0.1) is 0 Å². The van der Waals surface area contributed by atoms with Gasteiger partial charge in [0.2, 0.25) is 0 Å². The third kappa shape index (κ3) is 4.51. The molecule has 2 rings (SSSR count). The number of hydrazine groups is 1. The molecule has 2 atom stereocenters. The summed E-state index contributed by atoms with van der Waals surface area (Å²) in [6.07, 6.45) is 9.23. The largest absolute Gasteiger partial charge is 0.399 e. The first kappa shape index (κ1) is 14.4. The lowest BCUT2D eigenvalue weighted by Gasteiger charge is -2.10. The molecule has 0 radical (unpaired) electrons. The first-order valence-electron chi connectivity index (χ1n) is 7.66. The number of unbranched alkanes of at least 4 members (excludes halogenated alkanes) is 4. The standard InChI is InChI=1S/C16H27N3/c1-2-3-4-5-6-10-15-12-16(19-18-15)13-8-7-9-14(17)11-13/h7-9,11,15-16,18-19H,2-6,10,12,17H2,1H3. The summed E-state index contributed by atoms with van der Waals surface area (Å²) in [7, 11) is 0. The molecule has 0 saturated carbocycles. The highest BCUT2D eigenvalue weighted by molar-refractivity contribution is 5.41. The number of nitrogens with one attached hydrogen (secondary N) is 2. The molecule has 0 aliphatic carbocycles. The van der Waals surface area contributed by atoms with Crippen LogP contribution in [0, 0.1) is 0 Å². The van der Waals surface area contributed by atoms with E-state index in [0.29, 0.717) is 12.1 Å². The second kappa shape index (κ2) is 7.51. The average Bonchev–Trinajstić information content (AvgIpc) is 2.87. The van der Waals surface area contributed by atoms with Crippen molar-refractivity contribution in [3.8, 4) is 0 Å². The highest BCUT2D eigenvalue weighted by Crippen LogP contribution is 2.25. The third-order valence-corrected chi connectivity index (χ3v) is 3.95. The molecule has 1 fully saturated rings. The molecule has 0 amide bonds. The summed E-state index contributed by atoms with van der Waals surface area (Å²) in [5, 5.41) is 0. The average molecular weight is 261 g/mol. The number of anilines is 1. The van der Waals surface area contributed by atoms with E-state index in [1.807, 2.05) is 12.1 Å². The molecule has 3 heteroatoms. The van der Waals surface area contributed by atoms with Crippen LogP contribution in [0.4, 0.5) is 5.69 Å². The van der Waals surface area contributed by atoms with Gasteiger partial charge in [-0.3, -0.25) is 10.9 Å². The predicted octanol–water partition coefficient (Wildman–Crippen LogP) is 3.54. The molecule has 1 heterocycles. The van der Waals surface area contributed by atoms with Crippen molar-refractivity contribution in [1.29, 1.82) is 0 Å². The molecule has 2 unspecified atom stereocenters. The Morgan fingerprint density at radius 1 is 1.16 bits per heavy atom. The second-order valence-electron chi connectivity index (χ2n) is 5.65. The lowest BCUT2D eigenvalue weighted by atomic mass is 9.98. The van der Waals surface area contributed by atoms with Crippen LogP contribution in [0.2, 0.25) is 0 Å². The minimum Gasteiger partial charge on any atom is -0.399 e. The number of rotatable bonds is 7. The van der Waals surface area contributed by atoms with E-state index in [4.69, 9.17) is 5.73 Å². The fourth-order valence-corrected chi connectivity index (χ4v) is 2.80. The summed E-state index contributed by atoms with van der Waals surface area (Å²) < 4.78 is 0. The van der Waals surface area contributed by atoms with Gasteiger partial charge in [0.15, 0.2) is 0 Å². The Morgan fingerprint density at radius 2 is 2.00 bits per heavy atom. The number of hydrogen-bond acceptors (Lipinski definition) is 3. The van der Waals surface area contributed by atoms with Crippen LogP contribution in [0.5, 0.6) is 0 Å². The monoisotopic (exact) mass is 261 g/mol. The maximum Gasteiger partial charge on any atom is 0.0478 e. The molecule has 106 valence electrons. The summed E-state index contributed by atoms with van der Waals surface area (Å²) >= 11 is 0. The fourth-order valence-electron chi connectivity index (χ4n) is 2.80. The van der Waals surface area contributed by atoms with Crippen molar-refractivity contribution in [3.63, 3.8) is 0 Å². The topological polar surface area (TPSA) is 50.1 Å². The SMILES string of the molecule is CCCCCCCC1CC(c2cccc(N)c2)NN1. The third-order valence-electron chi connectivity index (χ3n) is 3.95. The first-order chi connectivity index (χ1) is 9.29. The Hall–Kier alpha value is -1.06. The zero-order valence-electron chi connectivity index (χ0n) is 12.0. The van der Waals surface area contributed by atoms with E-state index in [2.05, 4.69) is 29.9 Å². The molecule has 0 spiro atoms. The lowest BCUT2D eigenvalue weighted by molar-refractivity contribution is 0.484. The van der Waals surface area contributed by atoms with Gasteiger partial charge < -0.3 is 5.73 Å². The van der Waals surface area contributed by atoms with Gasteiger partial charge in [0.25, 0.3) is 0 Å². The van der Waals surface area contributed by atoms with Crippen molar-refractivity contribution in [2.45, 2.75) is 64.0 Å². The maximum atomic E-state index is 5.84. The maximum absolute atomic E-state index is 5.84. The molecule has 4 N–H and O–H groups in total. The Kier molecular flexibility index (Phi) is 5.67. The minimum absolute atomic E-state index is 0.407. The quantitative estimate of drug-likeness (QED) is 0.520. The zero-order chi connectivity index (χ0) is 13.5. The molecule has 1 aliphatic heterocycles. The number of hydrogen-bond donors (Lipinski definition) is 3. The van der Waals surface area contributed by atoms with Crippen molar-refractivity contribution in [2.24, 2.45) is 0 Å². The molecule has 19 heavy (non-hydrogen) atoms. The van der Waals surface area contributed by atoms with Crippen LogP contribution in [0.15, 0.2) is 24.3 Å². The van der Waals surface area contributed by atoms with Gasteiger partial charge in [0.1, 0.15) is 0 Å². The van der Waals surface area contributed by atoms with Crippen LogP contribution in [0.25, 0.3) is 0 Å². The van der Waals surface area contributed by atoms with Crippen LogP contribution < -0.4 is 16.6 Å². The number of nitrogen functional groups attached to an aromatic ring is 1. The normalized spacial score (nSPS) is 22.8. The van der Waals surface area contributed by atoms with E-state index >= 15 is 0 Å². The van der Waals surface area contributed by atoms with Crippen molar-refractivity contribution < 1.29 is 0 Å². The zero-order valence-corrected chi connectivity index (χ0v) is 12.0. The highest BCUT2D eigenvalue weighted by atomic mass is 15.4. The van der Waals surface area contributed by atoms with Gasteiger partial charge in [-0.2, -0.15) is 0 Å². The molecule has 1 aromatic carbocycles. The van der Waals surface area contributed by atoms with E-state index in [1.54, 1.807) is 0 Å². The van der Waals surface area contributed by atoms with E-state index in [0.717, 1.165) is 12.1 Å². The summed E-state index contributed by atoms with van der Waals surface area (Å²) in [5.74, 6) is 0. The van der Waals surface area contributed by atoms with Crippen molar-refractivity contribution in [3.05, 3.63) is 29.8 Å². The number of nitrogens with two attached hydrogens (primary N) is 1. The van der Waals surface area contributed by atoms with Crippen LogP contribution in [0.1, 0.15) is 63.5 Å². The molecule has 1 aromatic rings. The Bertz CT molecular complexity index is 378. The van der Waals surface area contributed by atoms with Gasteiger partial charge in [-0.15, -0.1) is 0 Å². The van der Waals surface area contributed by atoms with Crippen LogP contribution in [0.3, 0.4) is 0 Å². The minimum atomic E-state index is 0.407. The van der Waals surface area contributed by atoms with Crippen molar-refractivity contribution in [2.75, 3.05) is 5.73 Å². The van der Waals surface area contributed by atoms with E-state index in [-0.39, 0.29) is 0 Å². The van der Waals surface area contributed by atoms with Crippen LogP contribution in [-0.2, 0) is 0 Å². The molecular weight excluding hydrogens is 234 g/mol. The number of benzene rings is 1.